The monoisotopic (exact) mass is 167 g/mol. The fourth-order valence-electron chi connectivity index (χ4n) is 2.84. The molecule has 1 heteroatoms. The Bertz CT molecular complexity index is 121. The van der Waals surface area contributed by atoms with Crippen LogP contribution in [0.3, 0.4) is 0 Å². The van der Waals surface area contributed by atoms with E-state index in [2.05, 4.69) is 5.32 Å². The van der Waals surface area contributed by atoms with E-state index in [1.807, 2.05) is 0 Å². The van der Waals surface area contributed by atoms with Gasteiger partial charge in [-0.1, -0.05) is 25.7 Å². The first-order valence-electron chi connectivity index (χ1n) is 5.66. The molecule has 0 spiro atoms. The third kappa shape index (κ3) is 2.22. The molecule has 2 fully saturated rings. The first-order chi connectivity index (χ1) is 5.95. The lowest BCUT2D eigenvalue weighted by atomic mass is 9.88. The van der Waals surface area contributed by atoms with Crippen LogP contribution in [0.5, 0.6) is 0 Å². The number of nitrogens with one attached hydrogen (secondary N) is 1. The van der Waals surface area contributed by atoms with Gasteiger partial charge >= 0.3 is 0 Å². The zero-order valence-corrected chi connectivity index (χ0v) is 8.02. The first-order valence-corrected chi connectivity index (χ1v) is 5.66. The van der Waals surface area contributed by atoms with Crippen LogP contribution in [0.15, 0.2) is 0 Å². The summed E-state index contributed by atoms with van der Waals surface area (Å²) in [6.07, 6.45) is 10.5. The molecule has 1 N–H and O–H groups in total. The average Bonchev–Trinajstić information content (AvgIpc) is 2.59. The number of hydrogen-bond donors (Lipinski definition) is 1. The summed E-state index contributed by atoms with van der Waals surface area (Å²) in [4.78, 5) is 0. The number of hydrogen-bond acceptors (Lipinski definition) is 1. The predicted molar refractivity (Wildman–Crippen MR) is 52.2 cm³/mol. The van der Waals surface area contributed by atoms with E-state index in [0.29, 0.717) is 0 Å². The maximum Gasteiger partial charge on any atom is -0.00204 e. The van der Waals surface area contributed by atoms with Gasteiger partial charge in [0.25, 0.3) is 0 Å². The van der Waals surface area contributed by atoms with Crippen LogP contribution in [-0.2, 0) is 0 Å². The Morgan fingerprint density at radius 3 is 2.33 bits per heavy atom. The van der Waals surface area contributed by atoms with Crippen molar-refractivity contribution >= 4 is 0 Å². The van der Waals surface area contributed by atoms with Crippen molar-refractivity contribution in [3.8, 4) is 0 Å². The second-order valence-corrected chi connectivity index (χ2v) is 4.60. The Hall–Kier alpha value is -0.0400. The lowest BCUT2D eigenvalue weighted by Crippen LogP contribution is -2.30. The van der Waals surface area contributed by atoms with Gasteiger partial charge < -0.3 is 5.32 Å². The zero-order valence-electron chi connectivity index (χ0n) is 8.02. The van der Waals surface area contributed by atoms with Crippen LogP contribution in [0, 0.1) is 11.8 Å². The van der Waals surface area contributed by atoms with E-state index < -0.39 is 0 Å². The van der Waals surface area contributed by atoms with Crippen molar-refractivity contribution in [1.82, 2.24) is 5.32 Å². The van der Waals surface area contributed by atoms with Gasteiger partial charge in [-0.2, -0.15) is 0 Å². The second kappa shape index (κ2) is 4.27. The summed E-state index contributed by atoms with van der Waals surface area (Å²) < 4.78 is 0. The summed E-state index contributed by atoms with van der Waals surface area (Å²) in [5.74, 6) is 2.11. The van der Waals surface area contributed by atoms with E-state index in [4.69, 9.17) is 0 Å². The van der Waals surface area contributed by atoms with Crippen molar-refractivity contribution < 1.29 is 0 Å². The average molecular weight is 167 g/mol. The molecule has 0 unspecified atom stereocenters. The number of piperidine rings is 1. The molecule has 1 saturated carbocycles. The summed E-state index contributed by atoms with van der Waals surface area (Å²) in [7, 11) is 0. The summed E-state index contributed by atoms with van der Waals surface area (Å²) >= 11 is 0. The van der Waals surface area contributed by atoms with Crippen molar-refractivity contribution in [2.75, 3.05) is 13.1 Å². The molecule has 1 nitrogen and oxygen atoms in total. The Labute approximate surface area is 75.9 Å². The van der Waals surface area contributed by atoms with E-state index >= 15 is 0 Å². The molecule has 1 aliphatic heterocycles. The maximum atomic E-state index is 3.51. The van der Waals surface area contributed by atoms with Crippen LogP contribution in [0.25, 0.3) is 0 Å². The minimum Gasteiger partial charge on any atom is -0.316 e. The molecule has 1 atom stereocenters. The van der Waals surface area contributed by atoms with E-state index in [0.717, 1.165) is 11.8 Å². The van der Waals surface area contributed by atoms with Gasteiger partial charge in [0.2, 0.25) is 0 Å². The van der Waals surface area contributed by atoms with Gasteiger partial charge in [-0.3, -0.25) is 0 Å². The molecule has 1 saturated heterocycles. The molecular weight excluding hydrogens is 146 g/mol. The minimum absolute atomic E-state index is 1.02. The van der Waals surface area contributed by atoms with Crippen LogP contribution in [0.4, 0.5) is 0 Å². The normalized spacial score (nSPS) is 32.5. The summed E-state index contributed by atoms with van der Waals surface area (Å²) in [5, 5.41) is 3.51. The molecule has 0 aromatic heterocycles. The standard InChI is InChI=1S/C11H21N/c1-2-5-10(4-1)8-11-6-3-7-12-9-11/h10-12H,1-9H2/t11-/m1/s1. The van der Waals surface area contributed by atoms with E-state index in [9.17, 15) is 0 Å². The quantitative estimate of drug-likeness (QED) is 0.666. The third-order valence-corrected chi connectivity index (χ3v) is 3.54. The largest absolute Gasteiger partial charge is 0.316 e. The summed E-state index contributed by atoms with van der Waals surface area (Å²) in [6, 6.07) is 0. The smallest absolute Gasteiger partial charge is 0.00204 e. The van der Waals surface area contributed by atoms with Gasteiger partial charge in [0.15, 0.2) is 0 Å². The zero-order chi connectivity index (χ0) is 8.23. The van der Waals surface area contributed by atoms with Crippen molar-refractivity contribution in [3.63, 3.8) is 0 Å². The highest BCUT2D eigenvalue weighted by Gasteiger charge is 2.21. The fourth-order valence-corrected chi connectivity index (χ4v) is 2.84. The predicted octanol–water partition coefficient (Wildman–Crippen LogP) is 2.57. The molecule has 12 heavy (non-hydrogen) atoms. The molecule has 0 amide bonds. The highest BCUT2D eigenvalue weighted by atomic mass is 14.9. The molecule has 2 aliphatic rings. The highest BCUT2D eigenvalue weighted by molar-refractivity contribution is 4.75. The second-order valence-electron chi connectivity index (χ2n) is 4.60. The van der Waals surface area contributed by atoms with Crippen molar-refractivity contribution in [3.05, 3.63) is 0 Å². The Morgan fingerprint density at radius 2 is 1.67 bits per heavy atom. The van der Waals surface area contributed by atoms with Gasteiger partial charge in [-0.05, 0) is 44.2 Å². The highest BCUT2D eigenvalue weighted by Crippen LogP contribution is 2.31. The van der Waals surface area contributed by atoms with E-state index in [1.54, 1.807) is 0 Å². The van der Waals surface area contributed by atoms with E-state index in [-0.39, 0.29) is 0 Å². The lowest BCUT2D eigenvalue weighted by Gasteiger charge is -2.25. The number of rotatable bonds is 2. The molecule has 0 radical (unpaired) electrons. The van der Waals surface area contributed by atoms with Crippen LogP contribution in [0.1, 0.15) is 44.9 Å². The Kier molecular flexibility index (Phi) is 3.04. The molecular formula is C11H21N. The van der Waals surface area contributed by atoms with Gasteiger partial charge in [0.05, 0.1) is 0 Å². The first kappa shape index (κ1) is 8.55. The molecule has 1 aliphatic carbocycles. The van der Waals surface area contributed by atoms with Crippen LogP contribution >= 0.6 is 0 Å². The third-order valence-electron chi connectivity index (χ3n) is 3.54. The van der Waals surface area contributed by atoms with Gasteiger partial charge in [-0.15, -0.1) is 0 Å². The van der Waals surface area contributed by atoms with Crippen molar-refractivity contribution in [2.45, 2.75) is 44.9 Å². The van der Waals surface area contributed by atoms with Crippen LogP contribution < -0.4 is 5.32 Å². The molecule has 70 valence electrons. The van der Waals surface area contributed by atoms with E-state index in [1.165, 1.54) is 58.0 Å². The Balaban J connectivity index is 1.69. The lowest BCUT2D eigenvalue weighted by molar-refractivity contribution is 0.304. The summed E-state index contributed by atoms with van der Waals surface area (Å²) in [5.41, 5.74) is 0. The van der Waals surface area contributed by atoms with Gasteiger partial charge in [-0.25, -0.2) is 0 Å². The molecule has 1 heterocycles. The SMILES string of the molecule is C1CCC(C[C@H]2CCCNC2)C1. The summed E-state index contributed by atoms with van der Waals surface area (Å²) in [6.45, 7) is 2.57. The molecule has 0 aromatic carbocycles. The fraction of sp³-hybridized carbons (Fsp3) is 1.00. The van der Waals surface area contributed by atoms with Crippen molar-refractivity contribution in [2.24, 2.45) is 11.8 Å². The molecule has 0 aromatic rings. The topological polar surface area (TPSA) is 12.0 Å². The van der Waals surface area contributed by atoms with Crippen LogP contribution in [-0.4, -0.2) is 13.1 Å². The Morgan fingerprint density at radius 1 is 0.917 bits per heavy atom. The van der Waals surface area contributed by atoms with Gasteiger partial charge in [0.1, 0.15) is 0 Å². The molecule has 2 rings (SSSR count). The maximum absolute atomic E-state index is 3.51. The van der Waals surface area contributed by atoms with Gasteiger partial charge in [0, 0.05) is 0 Å². The van der Waals surface area contributed by atoms with Crippen LogP contribution in [0.2, 0.25) is 0 Å². The molecule has 0 bridgehead atoms. The minimum atomic E-state index is 1.02. The van der Waals surface area contributed by atoms with Crippen molar-refractivity contribution in [1.29, 1.82) is 0 Å².